The lowest BCUT2D eigenvalue weighted by atomic mass is 10.2. The average molecular weight is 489 g/mol. The van der Waals surface area contributed by atoms with Crippen molar-refractivity contribution in [3.8, 4) is 5.75 Å². The van der Waals surface area contributed by atoms with Gasteiger partial charge >= 0.3 is 5.97 Å². The fourth-order valence-electron chi connectivity index (χ4n) is 2.89. The number of rotatable bonds is 10. The van der Waals surface area contributed by atoms with Gasteiger partial charge < -0.3 is 14.8 Å². The number of methoxy groups -OCH3 is 1. The molecule has 0 aliphatic rings. The Balaban J connectivity index is 1.64. The van der Waals surface area contributed by atoms with Crippen molar-refractivity contribution in [2.24, 2.45) is 0 Å². The first-order chi connectivity index (χ1) is 15.8. The largest absolute Gasteiger partial charge is 0.495 e. The third-order valence-corrected chi connectivity index (χ3v) is 6.94. The summed E-state index contributed by atoms with van der Waals surface area (Å²) < 4.78 is 38.5. The van der Waals surface area contributed by atoms with Crippen LogP contribution in [0, 0.1) is 6.92 Å². The number of amides is 1. The normalized spacial score (nSPS) is 11.0. The minimum Gasteiger partial charge on any atom is -0.495 e. The number of benzene rings is 2. The molecule has 1 aromatic heterocycles. The molecule has 1 amide bonds. The zero-order chi connectivity index (χ0) is 23.8. The molecule has 174 valence electrons. The monoisotopic (exact) mass is 488 g/mol. The van der Waals surface area contributed by atoms with Crippen LogP contribution >= 0.6 is 11.3 Å². The minimum atomic E-state index is -4.05. The molecule has 0 aliphatic carbocycles. The molecule has 8 nitrogen and oxygen atoms in total. The lowest BCUT2D eigenvalue weighted by molar-refractivity contribution is -0.124. The van der Waals surface area contributed by atoms with Gasteiger partial charge in [-0.15, -0.1) is 11.3 Å². The standard InChI is InChI=1S/C23H24N2O6S2/c1-16-5-8-18(9-6-16)25-33(28,29)21-14-17(7-10-20(21)30-2)23(27)31-15-22(26)24-12-11-19-4-3-13-32-19/h3-10,13-14,25H,11-12,15H2,1-2H3,(H,24,26). The van der Waals surface area contributed by atoms with Crippen LogP contribution in [0.25, 0.3) is 0 Å². The van der Waals surface area contributed by atoms with E-state index in [9.17, 15) is 18.0 Å². The van der Waals surface area contributed by atoms with Crippen molar-refractivity contribution in [1.29, 1.82) is 0 Å². The van der Waals surface area contributed by atoms with E-state index in [0.29, 0.717) is 18.7 Å². The van der Waals surface area contributed by atoms with Crippen LogP contribution in [0.3, 0.4) is 0 Å². The van der Waals surface area contributed by atoms with Gasteiger partial charge in [0, 0.05) is 17.1 Å². The van der Waals surface area contributed by atoms with E-state index >= 15 is 0 Å². The maximum atomic E-state index is 12.9. The van der Waals surface area contributed by atoms with Crippen LogP contribution in [-0.2, 0) is 26.0 Å². The highest BCUT2D eigenvalue weighted by atomic mass is 32.2. The molecule has 33 heavy (non-hydrogen) atoms. The van der Waals surface area contributed by atoms with Gasteiger partial charge in [0.15, 0.2) is 6.61 Å². The van der Waals surface area contributed by atoms with Gasteiger partial charge in [-0.3, -0.25) is 9.52 Å². The van der Waals surface area contributed by atoms with Crippen molar-refractivity contribution in [1.82, 2.24) is 5.32 Å². The molecule has 10 heteroatoms. The van der Waals surface area contributed by atoms with Crippen LogP contribution in [0.2, 0.25) is 0 Å². The SMILES string of the molecule is COc1ccc(C(=O)OCC(=O)NCCc2cccs2)cc1S(=O)(=O)Nc1ccc(C)cc1. The molecule has 2 aromatic carbocycles. The summed E-state index contributed by atoms with van der Waals surface area (Å²) >= 11 is 1.60. The lowest BCUT2D eigenvalue weighted by Crippen LogP contribution is -2.30. The van der Waals surface area contributed by atoms with E-state index in [-0.39, 0.29) is 16.2 Å². The quantitative estimate of drug-likeness (QED) is 0.423. The van der Waals surface area contributed by atoms with Crippen molar-refractivity contribution in [2.45, 2.75) is 18.2 Å². The van der Waals surface area contributed by atoms with Crippen LogP contribution in [0.4, 0.5) is 5.69 Å². The van der Waals surface area contributed by atoms with Gasteiger partial charge in [-0.25, -0.2) is 13.2 Å². The van der Waals surface area contributed by atoms with Gasteiger partial charge in [0.25, 0.3) is 15.9 Å². The van der Waals surface area contributed by atoms with Crippen LogP contribution in [0.15, 0.2) is 64.9 Å². The molecule has 0 bridgehead atoms. The van der Waals surface area contributed by atoms with Crippen molar-refractivity contribution in [2.75, 3.05) is 25.0 Å². The van der Waals surface area contributed by atoms with E-state index < -0.39 is 28.5 Å². The van der Waals surface area contributed by atoms with E-state index in [1.807, 2.05) is 24.4 Å². The Bertz CT molecular complexity index is 1210. The number of carbonyl (C=O) groups excluding carboxylic acids is 2. The molecular weight excluding hydrogens is 464 g/mol. The Morgan fingerprint density at radius 1 is 1.06 bits per heavy atom. The van der Waals surface area contributed by atoms with Crippen LogP contribution in [-0.4, -0.2) is 40.6 Å². The highest BCUT2D eigenvalue weighted by molar-refractivity contribution is 7.92. The maximum absolute atomic E-state index is 12.9. The fraction of sp³-hybridized carbons (Fsp3) is 0.217. The predicted octanol–water partition coefficient (Wildman–Crippen LogP) is 3.38. The number of ether oxygens (including phenoxy) is 2. The summed E-state index contributed by atoms with van der Waals surface area (Å²) in [5.41, 5.74) is 1.33. The number of hydrogen-bond donors (Lipinski definition) is 2. The third kappa shape index (κ3) is 6.80. The van der Waals surface area contributed by atoms with Crippen molar-refractivity contribution < 1.29 is 27.5 Å². The van der Waals surface area contributed by atoms with E-state index in [1.165, 1.54) is 19.2 Å². The molecule has 0 saturated carbocycles. The number of aryl methyl sites for hydroxylation is 1. The Morgan fingerprint density at radius 2 is 1.82 bits per heavy atom. The molecule has 0 aliphatic heterocycles. The first kappa shape index (κ1) is 24.3. The molecule has 0 fully saturated rings. The molecule has 0 saturated heterocycles. The van der Waals surface area contributed by atoms with Gasteiger partial charge in [-0.1, -0.05) is 23.8 Å². The summed E-state index contributed by atoms with van der Waals surface area (Å²) in [6.45, 7) is 1.84. The second kappa shape index (κ2) is 11.0. The molecule has 0 unspecified atom stereocenters. The summed E-state index contributed by atoms with van der Waals surface area (Å²) in [6.07, 6.45) is 0.686. The summed E-state index contributed by atoms with van der Waals surface area (Å²) in [5, 5.41) is 4.63. The molecule has 1 heterocycles. The van der Waals surface area contributed by atoms with E-state index in [2.05, 4.69) is 10.0 Å². The highest BCUT2D eigenvalue weighted by Gasteiger charge is 2.23. The number of anilines is 1. The van der Waals surface area contributed by atoms with Gasteiger partial charge in [-0.05, 0) is 55.1 Å². The predicted molar refractivity (Wildman–Crippen MR) is 126 cm³/mol. The number of carbonyl (C=O) groups is 2. The highest BCUT2D eigenvalue weighted by Crippen LogP contribution is 2.27. The Kier molecular flexibility index (Phi) is 8.07. The molecule has 0 radical (unpaired) electrons. The molecule has 0 atom stereocenters. The van der Waals surface area contributed by atoms with Crippen molar-refractivity contribution in [3.63, 3.8) is 0 Å². The molecule has 2 N–H and O–H groups in total. The molecule has 3 aromatic rings. The van der Waals surface area contributed by atoms with Gasteiger partial charge in [0.05, 0.1) is 12.7 Å². The van der Waals surface area contributed by atoms with E-state index in [0.717, 1.165) is 16.5 Å². The van der Waals surface area contributed by atoms with Crippen LogP contribution in [0.5, 0.6) is 5.75 Å². The van der Waals surface area contributed by atoms with E-state index in [1.54, 1.807) is 35.6 Å². The molecular formula is C23H24N2O6S2. The summed E-state index contributed by atoms with van der Waals surface area (Å²) in [4.78, 5) is 25.3. The van der Waals surface area contributed by atoms with Gasteiger partial charge in [0.2, 0.25) is 0 Å². The smallest absolute Gasteiger partial charge is 0.338 e. The Morgan fingerprint density at radius 3 is 2.48 bits per heavy atom. The minimum absolute atomic E-state index is 0.0218. The number of hydrogen-bond acceptors (Lipinski definition) is 7. The number of nitrogens with one attached hydrogen (secondary N) is 2. The van der Waals surface area contributed by atoms with Crippen LogP contribution < -0.4 is 14.8 Å². The molecule has 3 rings (SSSR count). The van der Waals surface area contributed by atoms with Crippen molar-refractivity contribution in [3.05, 3.63) is 76.0 Å². The Hall–Kier alpha value is -3.37. The second-order valence-corrected chi connectivity index (χ2v) is 9.78. The first-order valence-corrected chi connectivity index (χ1v) is 12.4. The third-order valence-electron chi connectivity index (χ3n) is 4.60. The Labute approximate surface area is 196 Å². The lowest BCUT2D eigenvalue weighted by Gasteiger charge is -2.13. The maximum Gasteiger partial charge on any atom is 0.338 e. The fourth-order valence-corrected chi connectivity index (χ4v) is 4.85. The number of thiophene rings is 1. The second-order valence-electron chi connectivity index (χ2n) is 7.09. The summed E-state index contributed by atoms with van der Waals surface area (Å²) in [7, 11) is -2.72. The number of esters is 1. The first-order valence-electron chi connectivity index (χ1n) is 10.0. The van der Waals surface area contributed by atoms with E-state index in [4.69, 9.17) is 9.47 Å². The zero-order valence-electron chi connectivity index (χ0n) is 18.2. The van der Waals surface area contributed by atoms with Gasteiger partial charge in [-0.2, -0.15) is 0 Å². The summed E-state index contributed by atoms with van der Waals surface area (Å²) in [6, 6.07) is 14.6. The van der Waals surface area contributed by atoms with Crippen molar-refractivity contribution >= 4 is 38.9 Å². The zero-order valence-corrected chi connectivity index (χ0v) is 19.8. The van der Waals surface area contributed by atoms with Crippen LogP contribution in [0.1, 0.15) is 20.8 Å². The topological polar surface area (TPSA) is 111 Å². The van der Waals surface area contributed by atoms with Gasteiger partial charge in [0.1, 0.15) is 10.6 Å². The summed E-state index contributed by atoms with van der Waals surface area (Å²) in [5.74, 6) is -1.20. The molecule has 0 spiro atoms. The average Bonchev–Trinajstić information content (AvgIpc) is 3.32. The number of sulfonamides is 1.